The molecule has 0 aliphatic carbocycles. The fraction of sp³-hybridized carbons (Fsp3) is 0.727. The van der Waals surface area contributed by atoms with Gasteiger partial charge in [0.05, 0.1) is 6.04 Å². The summed E-state index contributed by atoms with van der Waals surface area (Å²) in [6.07, 6.45) is 3.16. The van der Waals surface area contributed by atoms with E-state index in [1.807, 2.05) is 17.8 Å². The highest BCUT2D eigenvalue weighted by Crippen LogP contribution is 2.25. The molecular formula is C11H18N4O. The largest absolute Gasteiger partial charge is 0.383 e. The standard InChI is InChI=1S/C11H18N4O/c1-13-3-2-12-11(13)10(16)9-8-14-4-6-15(9)7-5-14/h2-3,9-10,16H,4-8H2,1H3. The first-order chi connectivity index (χ1) is 7.75. The van der Waals surface area contributed by atoms with Gasteiger partial charge in [-0.1, -0.05) is 0 Å². The summed E-state index contributed by atoms with van der Waals surface area (Å²) in [6, 6.07) is 0.212. The van der Waals surface area contributed by atoms with Crippen molar-refractivity contribution in [3.63, 3.8) is 0 Å². The van der Waals surface area contributed by atoms with Crippen LogP contribution in [0.4, 0.5) is 0 Å². The van der Waals surface area contributed by atoms with Crippen LogP contribution >= 0.6 is 0 Å². The molecule has 16 heavy (non-hydrogen) atoms. The minimum atomic E-state index is -0.469. The maximum absolute atomic E-state index is 10.4. The number of hydrogen-bond acceptors (Lipinski definition) is 4. The van der Waals surface area contributed by atoms with Crippen LogP contribution in [0.3, 0.4) is 0 Å². The number of aromatic nitrogens is 2. The summed E-state index contributed by atoms with van der Waals surface area (Å²) in [4.78, 5) is 9.06. The lowest BCUT2D eigenvalue weighted by atomic mass is 10.0. The minimum Gasteiger partial charge on any atom is -0.383 e. The second kappa shape index (κ2) is 3.84. The zero-order valence-corrected chi connectivity index (χ0v) is 9.58. The zero-order valence-electron chi connectivity index (χ0n) is 9.58. The van der Waals surface area contributed by atoms with Gasteiger partial charge >= 0.3 is 0 Å². The minimum absolute atomic E-state index is 0.212. The highest BCUT2D eigenvalue weighted by molar-refractivity contribution is 5.03. The Hall–Kier alpha value is -0.910. The van der Waals surface area contributed by atoms with Gasteiger partial charge in [-0.3, -0.25) is 9.80 Å². The maximum Gasteiger partial charge on any atom is 0.139 e. The predicted octanol–water partition coefficient (Wildman–Crippen LogP) is -0.547. The lowest BCUT2D eigenvalue weighted by Gasteiger charge is -2.48. The number of rotatable bonds is 2. The number of fused-ring (bicyclic) bond motifs is 3. The van der Waals surface area contributed by atoms with Crippen molar-refractivity contribution in [3.8, 4) is 0 Å². The summed E-state index contributed by atoms with van der Waals surface area (Å²) >= 11 is 0. The summed E-state index contributed by atoms with van der Waals surface area (Å²) in [7, 11) is 1.93. The van der Waals surface area contributed by atoms with Crippen molar-refractivity contribution in [2.45, 2.75) is 12.1 Å². The molecule has 1 aromatic heterocycles. The van der Waals surface area contributed by atoms with E-state index in [0.717, 1.165) is 38.5 Å². The molecule has 2 atom stereocenters. The van der Waals surface area contributed by atoms with Crippen LogP contribution in [0.25, 0.3) is 0 Å². The molecule has 3 saturated heterocycles. The normalized spacial score (nSPS) is 35.2. The molecular weight excluding hydrogens is 204 g/mol. The molecule has 0 aromatic carbocycles. The number of nitrogens with zero attached hydrogens (tertiary/aromatic N) is 4. The molecule has 4 rings (SSSR count). The lowest BCUT2D eigenvalue weighted by Crippen LogP contribution is -2.62. The van der Waals surface area contributed by atoms with Crippen molar-refractivity contribution >= 4 is 0 Å². The Kier molecular flexibility index (Phi) is 2.46. The summed E-state index contributed by atoms with van der Waals surface area (Å²) in [5, 5.41) is 10.4. The van der Waals surface area contributed by atoms with Crippen LogP contribution in [0, 0.1) is 0 Å². The zero-order chi connectivity index (χ0) is 11.1. The van der Waals surface area contributed by atoms with E-state index in [9.17, 15) is 5.11 Å². The Balaban J connectivity index is 1.80. The van der Waals surface area contributed by atoms with E-state index in [1.165, 1.54) is 0 Å². The predicted molar refractivity (Wildman–Crippen MR) is 60.0 cm³/mol. The fourth-order valence-electron chi connectivity index (χ4n) is 2.79. The molecule has 2 unspecified atom stereocenters. The van der Waals surface area contributed by atoms with Gasteiger partial charge in [-0.05, 0) is 0 Å². The van der Waals surface area contributed by atoms with Crippen molar-refractivity contribution < 1.29 is 5.11 Å². The van der Waals surface area contributed by atoms with Crippen molar-refractivity contribution in [1.29, 1.82) is 0 Å². The van der Waals surface area contributed by atoms with E-state index in [1.54, 1.807) is 6.20 Å². The Bertz CT molecular complexity index is 370. The molecule has 1 N–H and O–H groups in total. The van der Waals surface area contributed by atoms with Gasteiger partial charge in [0.1, 0.15) is 11.9 Å². The van der Waals surface area contributed by atoms with E-state index >= 15 is 0 Å². The first-order valence-electron chi connectivity index (χ1n) is 5.87. The van der Waals surface area contributed by atoms with Gasteiger partial charge in [0, 0.05) is 52.2 Å². The molecule has 0 saturated carbocycles. The Morgan fingerprint density at radius 1 is 1.38 bits per heavy atom. The molecule has 5 heteroatoms. The van der Waals surface area contributed by atoms with Gasteiger partial charge in [-0.15, -0.1) is 0 Å². The third-order valence-corrected chi connectivity index (χ3v) is 3.81. The summed E-state index contributed by atoms with van der Waals surface area (Å²) < 4.78 is 1.91. The molecule has 5 nitrogen and oxygen atoms in total. The molecule has 88 valence electrons. The van der Waals surface area contributed by atoms with Gasteiger partial charge in [0.25, 0.3) is 0 Å². The Morgan fingerprint density at radius 2 is 2.12 bits per heavy atom. The average molecular weight is 222 g/mol. The molecule has 3 aliphatic rings. The van der Waals surface area contributed by atoms with Crippen LogP contribution in [0.5, 0.6) is 0 Å². The fourth-order valence-corrected chi connectivity index (χ4v) is 2.79. The average Bonchev–Trinajstić information content (AvgIpc) is 2.76. The van der Waals surface area contributed by atoms with Gasteiger partial charge in [-0.2, -0.15) is 0 Å². The third-order valence-electron chi connectivity index (χ3n) is 3.81. The van der Waals surface area contributed by atoms with Crippen LogP contribution < -0.4 is 0 Å². The summed E-state index contributed by atoms with van der Waals surface area (Å²) in [6.45, 7) is 5.40. The number of aliphatic hydroxyl groups is 1. The van der Waals surface area contributed by atoms with E-state index < -0.39 is 6.10 Å². The van der Waals surface area contributed by atoms with E-state index in [-0.39, 0.29) is 6.04 Å². The van der Waals surface area contributed by atoms with Crippen LogP contribution in [0.1, 0.15) is 11.9 Å². The Morgan fingerprint density at radius 3 is 2.62 bits per heavy atom. The van der Waals surface area contributed by atoms with Crippen molar-refractivity contribution in [1.82, 2.24) is 19.4 Å². The second-order valence-corrected chi connectivity index (χ2v) is 4.75. The summed E-state index contributed by atoms with van der Waals surface area (Å²) in [5.41, 5.74) is 0. The van der Waals surface area contributed by atoms with Crippen LogP contribution in [0.15, 0.2) is 12.4 Å². The van der Waals surface area contributed by atoms with E-state index in [4.69, 9.17) is 0 Å². The SMILES string of the molecule is Cn1ccnc1C(O)C1CN2CCN1CC2. The van der Waals surface area contributed by atoms with Gasteiger partial charge in [-0.25, -0.2) is 4.98 Å². The van der Waals surface area contributed by atoms with Gasteiger partial charge < -0.3 is 9.67 Å². The first kappa shape index (κ1) is 10.3. The molecule has 4 heterocycles. The highest BCUT2D eigenvalue weighted by Gasteiger charge is 2.37. The number of piperazine rings is 3. The topological polar surface area (TPSA) is 44.5 Å². The molecule has 3 aliphatic heterocycles. The van der Waals surface area contributed by atoms with Crippen molar-refractivity contribution in [3.05, 3.63) is 18.2 Å². The molecule has 0 radical (unpaired) electrons. The number of imidazole rings is 1. The first-order valence-corrected chi connectivity index (χ1v) is 5.87. The van der Waals surface area contributed by atoms with Crippen LogP contribution in [0.2, 0.25) is 0 Å². The van der Waals surface area contributed by atoms with Crippen LogP contribution in [-0.2, 0) is 7.05 Å². The molecule has 3 fully saturated rings. The van der Waals surface area contributed by atoms with Crippen molar-refractivity contribution in [2.75, 3.05) is 32.7 Å². The second-order valence-electron chi connectivity index (χ2n) is 4.75. The van der Waals surface area contributed by atoms with Crippen LogP contribution in [-0.4, -0.2) is 63.2 Å². The highest BCUT2D eigenvalue weighted by atomic mass is 16.3. The van der Waals surface area contributed by atoms with E-state index in [2.05, 4.69) is 14.8 Å². The molecule has 2 bridgehead atoms. The molecule has 0 spiro atoms. The number of aryl methyl sites for hydroxylation is 1. The number of hydrogen-bond donors (Lipinski definition) is 1. The smallest absolute Gasteiger partial charge is 0.139 e. The van der Waals surface area contributed by atoms with Gasteiger partial charge in [0.2, 0.25) is 0 Å². The lowest BCUT2D eigenvalue weighted by molar-refractivity contribution is -0.0504. The molecule has 1 aromatic rings. The maximum atomic E-state index is 10.4. The number of aliphatic hydroxyl groups excluding tert-OH is 1. The third kappa shape index (κ3) is 1.55. The summed E-state index contributed by atoms with van der Waals surface area (Å²) in [5.74, 6) is 0.777. The molecule has 0 amide bonds. The van der Waals surface area contributed by atoms with Gasteiger partial charge in [0.15, 0.2) is 0 Å². The Labute approximate surface area is 95.3 Å². The quantitative estimate of drug-likeness (QED) is 0.729. The van der Waals surface area contributed by atoms with E-state index in [0.29, 0.717) is 0 Å². The monoisotopic (exact) mass is 222 g/mol. The van der Waals surface area contributed by atoms with Crippen molar-refractivity contribution in [2.24, 2.45) is 7.05 Å².